The Hall–Kier alpha value is -1.70. The molecule has 0 atom stereocenters. The van der Waals surface area contributed by atoms with Crippen LogP contribution >= 0.6 is 0 Å². The van der Waals surface area contributed by atoms with E-state index in [0.29, 0.717) is 5.56 Å². The number of rotatable bonds is 4. The molecule has 0 aliphatic carbocycles. The topological polar surface area (TPSA) is 41.1 Å². The summed E-state index contributed by atoms with van der Waals surface area (Å²) in [5.74, 6) is -7.83. The van der Waals surface area contributed by atoms with Crippen LogP contribution in [0.2, 0.25) is 0 Å². The molecule has 1 amide bonds. The Bertz CT molecular complexity index is 459. The first-order valence-electron chi connectivity index (χ1n) is 5.18. The highest BCUT2D eigenvalue weighted by Gasteiger charge is 2.63. The van der Waals surface area contributed by atoms with Crippen LogP contribution in [0.5, 0.6) is 0 Å². The van der Waals surface area contributed by atoms with Gasteiger partial charge in [-0.1, -0.05) is 18.2 Å². The lowest BCUT2D eigenvalue weighted by Gasteiger charge is -2.19. The van der Waals surface area contributed by atoms with Crippen LogP contribution < -0.4 is 10.6 Å². The molecule has 19 heavy (non-hydrogen) atoms. The Labute approximate surface area is 105 Å². The second kappa shape index (κ2) is 5.52. The minimum Gasteiger partial charge on any atom is -0.320 e. The minimum atomic E-state index is -5.92. The van der Waals surface area contributed by atoms with E-state index in [1.807, 2.05) is 0 Å². The summed E-state index contributed by atoms with van der Waals surface area (Å²) in [4.78, 5) is 11.0. The standard InChI is InChI=1S/C11H11F5N2O/c1-17-6-7-4-2-3-5-8(7)18-9(19)10(12,13)11(14,15)16/h2-5,17H,6H2,1H3,(H,18,19). The van der Waals surface area contributed by atoms with E-state index in [9.17, 15) is 26.7 Å². The molecule has 1 aromatic carbocycles. The molecule has 0 spiro atoms. The van der Waals surface area contributed by atoms with Crippen LogP contribution in [0.15, 0.2) is 24.3 Å². The van der Waals surface area contributed by atoms with E-state index in [1.54, 1.807) is 18.4 Å². The van der Waals surface area contributed by atoms with Crippen molar-refractivity contribution in [2.45, 2.75) is 18.6 Å². The predicted molar refractivity (Wildman–Crippen MR) is 58.8 cm³/mol. The molecular formula is C11H11F5N2O. The fourth-order valence-electron chi connectivity index (χ4n) is 1.32. The first-order chi connectivity index (χ1) is 8.70. The first-order valence-corrected chi connectivity index (χ1v) is 5.18. The largest absolute Gasteiger partial charge is 0.463 e. The maximum atomic E-state index is 12.8. The highest BCUT2D eigenvalue weighted by atomic mass is 19.4. The fourth-order valence-corrected chi connectivity index (χ4v) is 1.32. The molecule has 106 valence electrons. The number of halogens is 5. The molecule has 0 fully saturated rings. The van der Waals surface area contributed by atoms with Gasteiger partial charge in [0.1, 0.15) is 0 Å². The number of anilines is 1. The Balaban J connectivity index is 2.94. The predicted octanol–water partition coefficient (Wildman–Crippen LogP) is 2.54. The van der Waals surface area contributed by atoms with Crippen molar-refractivity contribution in [3.05, 3.63) is 29.8 Å². The van der Waals surface area contributed by atoms with Crippen LogP contribution in [0.25, 0.3) is 0 Å². The van der Waals surface area contributed by atoms with Crippen molar-refractivity contribution in [2.75, 3.05) is 12.4 Å². The van der Waals surface area contributed by atoms with E-state index in [-0.39, 0.29) is 12.2 Å². The molecule has 0 bridgehead atoms. The summed E-state index contributed by atoms with van der Waals surface area (Å²) in [6.45, 7) is 0.216. The molecule has 1 aromatic rings. The molecule has 3 nitrogen and oxygen atoms in total. The third-order valence-electron chi connectivity index (χ3n) is 2.27. The lowest BCUT2D eigenvalue weighted by molar-refractivity contribution is -0.267. The van der Waals surface area contributed by atoms with Crippen molar-refractivity contribution < 1.29 is 26.7 Å². The van der Waals surface area contributed by atoms with Crippen LogP contribution in [0.1, 0.15) is 5.56 Å². The Morgan fingerprint density at radius 1 is 1.16 bits per heavy atom. The number of hydrogen-bond donors (Lipinski definition) is 2. The molecule has 1 rings (SSSR count). The van der Waals surface area contributed by atoms with Crippen LogP contribution in [-0.2, 0) is 11.3 Å². The molecular weight excluding hydrogens is 271 g/mol. The lowest BCUT2D eigenvalue weighted by Crippen LogP contribution is -2.47. The van der Waals surface area contributed by atoms with Gasteiger partial charge in [-0.2, -0.15) is 22.0 Å². The molecule has 0 radical (unpaired) electrons. The summed E-state index contributed by atoms with van der Waals surface area (Å²) in [5.41, 5.74) is 0.307. The van der Waals surface area contributed by atoms with Gasteiger partial charge in [0.25, 0.3) is 0 Å². The minimum absolute atomic E-state index is 0.0919. The van der Waals surface area contributed by atoms with Gasteiger partial charge in [0.15, 0.2) is 0 Å². The summed E-state index contributed by atoms with van der Waals surface area (Å²) in [7, 11) is 1.57. The number of para-hydroxylation sites is 1. The summed E-state index contributed by atoms with van der Waals surface area (Å²) < 4.78 is 61.6. The number of carbonyl (C=O) groups excluding carboxylic acids is 1. The Morgan fingerprint density at radius 3 is 2.26 bits per heavy atom. The van der Waals surface area contributed by atoms with Crippen molar-refractivity contribution in [3.63, 3.8) is 0 Å². The van der Waals surface area contributed by atoms with Crippen molar-refractivity contribution >= 4 is 11.6 Å². The summed E-state index contributed by atoms with van der Waals surface area (Å²) >= 11 is 0. The zero-order valence-electron chi connectivity index (χ0n) is 9.81. The number of nitrogens with one attached hydrogen (secondary N) is 2. The zero-order valence-corrected chi connectivity index (χ0v) is 9.81. The highest BCUT2D eigenvalue weighted by Crippen LogP contribution is 2.36. The summed E-state index contributed by atoms with van der Waals surface area (Å²) in [5, 5.41) is 4.30. The number of amides is 1. The third kappa shape index (κ3) is 3.40. The van der Waals surface area contributed by atoms with Gasteiger partial charge in [-0.15, -0.1) is 0 Å². The molecule has 0 aliphatic heterocycles. The SMILES string of the molecule is CNCc1ccccc1NC(=O)C(F)(F)C(F)(F)F. The zero-order chi connectivity index (χ0) is 14.7. The number of alkyl halides is 5. The normalized spacial score (nSPS) is 12.3. The van der Waals surface area contributed by atoms with Gasteiger partial charge in [-0.3, -0.25) is 4.79 Å². The van der Waals surface area contributed by atoms with Crippen LogP contribution in [-0.4, -0.2) is 25.1 Å². The highest BCUT2D eigenvalue weighted by molar-refractivity contribution is 5.97. The molecule has 0 heterocycles. The van der Waals surface area contributed by atoms with Gasteiger partial charge in [0, 0.05) is 12.2 Å². The fraction of sp³-hybridized carbons (Fsp3) is 0.364. The average Bonchev–Trinajstić information content (AvgIpc) is 2.30. The average molecular weight is 282 g/mol. The van der Waals surface area contributed by atoms with Crippen molar-refractivity contribution in [1.29, 1.82) is 0 Å². The van der Waals surface area contributed by atoms with Crippen LogP contribution in [0, 0.1) is 0 Å². The quantitative estimate of drug-likeness (QED) is 0.833. The molecule has 8 heteroatoms. The maximum absolute atomic E-state index is 12.8. The van der Waals surface area contributed by atoms with Crippen LogP contribution in [0.3, 0.4) is 0 Å². The second-order valence-corrected chi connectivity index (χ2v) is 3.71. The van der Waals surface area contributed by atoms with E-state index >= 15 is 0 Å². The molecule has 0 aromatic heterocycles. The van der Waals surface area contributed by atoms with Gasteiger partial charge < -0.3 is 10.6 Å². The molecule has 0 saturated heterocycles. The second-order valence-electron chi connectivity index (χ2n) is 3.71. The summed E-state index contributed by atoms with van der Waals surface area (Å²) in [6.07, 6.45) is -5.92. The first kappa shape index (κ1) is 15.4. The van der Waals surface area contributed by atoms with E-state index in [1.165, 1.54) is 18.2 Å². The molecule has 0 aliphatic rings. The van der Waals surface area contributed by atoms with Gasteiger partial charge >= 0.3 is 18.0 Å². The van der Waals surface area contributed by atoms with E-state index in [0.717, 1.165) is 0 Å². The summed E-state index contributed by atoms with van der Waals surface area (Å²) in [6, 6.07) is 5.74. The van der Waals surface area contributed by atoms with Crippen molar-refractivity contribution in [2.24, 2.45) is 0 Å². The van der Waals surface area contributed by atoms with Crippen LogP contribution in [0.4, 0.5) is 27.6 Å². The smallest absolute Gasteiger partial charge is 0.320 e. The van der Waals surface area contributed by atoms with Gasteiger partial charge in [-0.25, -0.2) is 0 Å². The number of hydrogen-bond acceptors (Lipinski definition) is 2. The van der Waals surface area contributed by atoms with Gasteiger partial charge in [0.2, 0.25) is 0 Å². The van der Waals surface area contributed by atoms with Gasteiger partial charge in [0.05, 0.1) is 0 Å². The molecule has 2 N–H and O–H groups in total. The van der Waals surface area contributed by atoms with Gasteiger partial charge in [-0.05, 0) is 18.7 Å². The van der Waals surface area contributed by atoms with E-state index in [2.05, 4.69) is 5.32 Å². The van der Waals surface area contributed by atoms with E-state index < -0.39 is 18.0 Å². The Morgan fingerprint density at radius 2 is 1.74 bits per heavy atom. The van der Waals surface area contributed by atoms with E-state index in [4.69, 9.17) is 0 Å². The Kier molecular flexibility index (Phi) is 4.46. The third-order valence-corrected chi connectivity index (χ3v) is 2.27. The van der Waals surface area contributed by atoms with Crippen molar-refractivity contribution in [1.82, 2.24) is 5.32 Å². The maximum Gasteiger partial charge on any atom is 0.463 e. The molecule has 0 saturated carbocycles. The lowest BCUT2D eigenvalue weighted by atomic mass is 10.1. The number of carbonyl (C=O) groups is 1. The molecule has 0 unspecified atom stereocenters. The van der Waals surface area contributed by atoms with Crippen molar-refractivity contribution in [3.8, 4) is 0 Å². The monoisotopic (exact) mass is 282 g/mol. The number of benzene rings is 1.